The van der Waals surface area contributed by atoms with Gasteiger partial charge in [0.05, 0.1) is 38.0 Å². The molecule has 0 fully saturated rings. The minimum absolute atomic E-state index is 0. The molecule has 286 valence electrons. The van der Waals surface area contributed by atoms with Crippen LogP contribution in [-0.4, -0.2) is 84.3 Å². The van der Waals surface area contributed by atoms with Crippen LogP contribution in [0.3, 0.4) is 0 Å². The van der Waals surface area contributed by atoms with Gasteiger partial charge in [0.1, 0.15) is 15.8 Å². The molecule has 0 amide bonds. The molecule has 30 heteroatoms. The van der Waals surface area contributed by atoms with Crippen LogP contribution in [0.5, 0.6) is 5.88 Å². The maximum absolute atomic E-state index is 14.4. The summed E-state index contributed by atoms with van der Waals surface area (Å²) in [4.78, 5) is 22.7. The summed E-state index contributed by atoms with van der Waals surface area (Å²) in [7, 11) is -19.4. The topological polar surface area (TPSA) is 345 Å². The number of hydrogen-bond donors (Lipinski definition) is 3. The van der Waals surface area contributed by atoms with E-state index in [9.17, 15) is 61.6 Å². The number of hydrogen-bond acceptors (Lipinski definition) is 21. The third-order valence-corrected chi connectivity index (χ3v) is 10.5. The molecule has 3 N–H and O–H groups in total. The van der Waals surface area contributed by atoms with E-state index in [-0.39, 0.29) is 117 Å². The van der Waals surface area contributed by atoms with Gasteiger partial charge in [0.15, 0.2) is 21.4 Å². The maximum atomic E-state index is 14.4. The molecule has 0 atom stereocenters. The normalized spacial score (nSPS) is 12.0. The van der Waals surface area contributed by atoms with Crippen molar-refractivity contribution in [1.29, 1.82) is 0 Å². The van der Waals surface area contributed by atoms with Crippen LogP contribution in [0.25, 0.3) is 0 Å². The zero-order valence-electron chi connectivity index (χ0n) is 29.8. The first-order chi connectivity index (χ1) is 24.5. The third kappa shape index (κ3) is 14.4. The Morgan fingerprint density at radius 2 is 1.41 bits per heavy atom. The summed E-state index contributed by atoms with van der Waals surface area (Å²) in [6, 6.07) is 7.41. The number of benzene rings is 2. The van der Waals surface area contributed by atoms with E-state index in [0.717, 1.165) is 37.3 Å². The van der Waals surface area contributed by atoms with Gasteiger partial charge in [-0.2, -0.15) is 19.3 Å². The van der Waals surface area contributed by atoms with Gasteiger partial charge < -0.3 is 29.4 Å². The maximum Gasteiger partial charge on any atom is 1.00 e. The van der Waals surface area contributed by atoms with E-state index in [1.165, 1.54) is 19.1 Å². The number of aromatic hydroxyl groups is 1. The summed E-state index contributed by atoms with van der Waals surface area (Å²) in [6.07, 6.45) is -1.33. The molecule has 0 aliphatic heterocycles. The Hall–Kier alpha value is -2.03. The van der Waals surface area contributed by atoms with Crippen LogP contribution in [-0.2, 0) is 57.0 Å². The Morgan fingerprint density at radius 1 is 0.857 bits per heavy atom. The fraction of sp³-hybridized carbons (Fsp3) is 0.231. The number of nitrogens with one attached hydrogen (secondary N) is 2. The standard InChI is InChI=1S/C26H27FN8O14S4.3Na/c1-3-35-22(36)18(13-51(40,41)42)14(2)21(23(35)37)34-33-19-12-16(6-9-20(19)52(43,44)45)29-26-31-24(27)30-25(32-26)28-15-4-7-17(8-5-15)50(38,39)11-10-49-53(46,47)48;;;/h4-9,12,36H,3,10-11,13H2,1-2H3,(H,40,41,42)(H,43,44,45)(H,46,47,48)(H2,28,29,30,31,32);;;/q;3*+1/p-3. The molecule has 0 saturated carbocycles. The van der Waals surface area contributed by atoms with Gasteiger partial charge in [-0.25, -0.2) is 33.7 Å². The molecule has 0 saturated heterocycles. The monoisotopic (exact) mass is 888 g/mol. The summed E-state index contributed by atoms with van der Waals surface area (Å²) in [5.41, 5.74) is -2.98. The molecular formula is C26H24FN8Na3O14S4. The van der Waals surface area contributed by atoms with Crippen LogP contribution in [0.1, 0.15) is 18.1 Å². The van der Waals surface area contributed by atoms with Gasteiger partial charge in [-0.1, -0.05) is 0 Å². The number of aromatic nitrogens is 4. The fourth-order valence-electron chi connectivity index (χ4n) is 4.44. The van der Waals surface area contributed by atoms with Crippen molar-refractivity contribution in [2.45, 2.75) is 35.9 Å². The summed E-state index contributed by atoms with van der Waals surface area (Å²) >= 11 is 0. The van der Waals surface area contributed by atoms with E-state index in [1.807, 2.05) is 0 Å². The number of rotatable bonds is 15. The molecule has 2 aromatic heterocycles. The predicted octanol–water partition coefficient (Wildman–Crippen LogP) is -7.68. The van der Waals surface area contributed by atoms with Gasteiger partial charge in [-0.05, 0) is 61.9 Å². The minimum Gasteiger partial charge on any atom is -0.748 e. The SMILES string of the molecule is CCn1c(O)c(CS(=O)(=O)[O-])c(C)c(N=Nc2cc(Nc3nc(F)nc(Nc4ccc(S(=O)(=O)CCOS(=O)(=O)[O-])cc4)n3)ccc2S(=O)(=O)[O-])c1=O.[Na+].[Na+].[Na+]. The summed E-state index contributed by atoms with van der Waals surface area (Å²) in [5, 5.41) is 23.0. The van der Waals surface area contributed by atoms with E-state index < -0.39 is 110 Å². The molecule has 0 radical (unpaired) electrons. The Kier molecular flexibility index (Phi) is 19.3. The molecule has 4 aromatic rings. The Labute approximate surface area is 385 Å². The fourth-order valence-corrected chi connectivity index (χ4v) is 7.21. The van der Waals surface area contributed by atoms with E-state index >= 15 is 0 Å². The number of pyridine rings is 1. The van der Waals surface area contributed by atoms with Crippen LogP contribution < -0.4 is 105 Å². The van der Waals surface area contributed by atoms with Crippen LogP contribution in [0.15, 0.2) is 67.3 Å². The Bertz CT molecular complexity index is 2620. The molecule has 0 aliphatic carbocycles. The Morgan fingerprint density at radius 3 is 1.93 bits per heavy atom. The van der Waals surface area contributed by atoms with Gasteiger partial charge in [-0.15, -0.1) is 10.2 Å². The number of sulfone groups is 1. The van der Waals surface area contributed by atoms with Gasteiger partial charge in [0, 0.05) is 23.5 Å². The average Bonchev–Trinajstić information content (AvgIpc) is 3.01. The van der Waals surface area contributed by atoms with Crippen molar-refractivity contribution in [3.8, 4) is 5.88 Å². The molecule has 0 spiro atoms. The smallest absolute Gasteiger partial charge is 0.748 e. The largest absolute Gasteiger partial charge is 1.00 e. The minimum atomic E-state index is -5.24. The molecule has 4 rings (SSSR count). The van der Waals surface area contributed by atoms with E-state index in [4.69, 9.17) is 0 Å². The van der Waals surface area contributed by atoms with Crippen molar-refractivity contribution in [2.24, 2.45) is 10.2 Å². The van der Waals surface area contributed by atoms with Crippen molar-refractivity contribution >= 4 is 75.1 Å². The molecule has 56 heavy (non-hydrogen) atoms. The third-order valence-electron chi connectivity index (χ3n) is 6.82. The molecule has 0 unspecified atom stereocenters. The van der Waals surface area contributed by atoms with Crippen LogP contribution >= 0.6 is 0 Å². The van der Waals surface area contributed by atoms with Gasteiger partial charge in [-0.3, -0.25) is 13.5 Å². The molecule has 0 aliphatic rings. The summed E-state index contributed by atoms with van der Waals surface area (Å²) in [6.45, 7) is 1.45. The predicted molar refractivity (Wildman–Crippen MR) is 175 cm³/mol. The quantitative estimate of drug-likeness (QED) is 0.0432. The van der Waals surface area contributed by atoms with Crippen molar-refractivity contribution in [3.63, 3.8) is 0 Å². The van der Waals surface area contributed by atoms with Crippen molar-refractivity contribution in [2.75, 3.05) is 23.0 Å². The number of halogens is 1. The zero-order chi connectivity index (χ0) is 39.5. The molecule has 2 heterocycles. The van der Waals surface area contributed by atoms with E-state index in [0.29, 0.717) is 4.57 Å². The summed E-state index contributed by atoms with van der Waals surface area (Å²) < 4.78 is 146. The van der Waals surface area contributed by atoms with Gasteiger partial charge in [0.2, 0.25) is 22.3 Å². The second-order valence-corrected chi connectivity index (χ2v) is 16.4. The van der Waals surface area contributed by atoms with Crippen LogP contribution in [0.4, 0.5) is 39.0 Å². The molecular weight excluding hydrogens is 865 g/mol. The van der Waals surface area contributed by atoms with E-state index in [1.54, 1.807) is 0 Å². The number of anilines is 4. The first kappa shape index (κ1) is 52.0. The Balaban J connectivity index is 0.00000523. The van der Waals surface area contributed by atoms with Gasteiger partial charge in [0.25, 0.3) is 5.56 Å². The number of nitrogens with zero attached hydrogens (tertiary/aromatic N) is 6. The van der Waals surface area contributed by atoms with Crippen molar-refractivity contribution < 1.29 is 150 Å². The van der Waals surface area contributed by atoms with Crippen LogP contribution in [0, 0.1) is 13.0 Å². The van der Waals surface area contributed by atoms with Gasteiger partial charge >= 0.3 is 94.8 Å². The number of azo groups is 1. The van der Waals surface area contributed by atoms with Crippen molar-refractivity contribution in [1.82, 2.24) is 19.5 Å². The average molecular weight is 889 g/mol. The van der Waals surface area contributed by atoms with E-state index in [2.05, 4.69) is 40.0 Å². The molecule has 0 bridgehead atoms. The second kappa shape index (κ2) is 20.8. The first-order valence-electron chi connectivity index (χ1n) is 14.3. The first-order valence-corrected chi connectivity index (χ1v) is 20.2. The van der Waals surface area contributed by atoms with Crippen molar-refractivity contribution in [3.05, 3.63) is 70.0 Å². The summed E-state index contributed by atoms with van der Waals surface area (Å²) in [5.74, 6) is -3.78. The molecule has 22 nitrogen and oxygen atoms in total. The van der Waals surface area contributed by atoms with Crippen LogP contribution in [0.2, 0.25) is 0 Å². The second-order valence-electron chi connectivity index (χ2n) is 10.4. The zero-order valence-corrected chi connectivity index (χ0v) is 39.1. The molecule has 2 aromatic carbocycles.